The van der Waals surface area contributed by atoms with E-state index in [9.17, 15) is 0 Å². The summed E-state index contributed by atoms with van der Waals surface area (Å²) >= 11 is 0. The maximum Gasteiger partial charge on any atom is 0.184 e. The lowest BCUT2D eigenvalue weighted by atomic mass is 10.2. The smallest absolute Gasteiger partial charge is 0.184 e. The Bertz CT molecular complexity index is 361. The van der Waals surface area contributed by atoms with Crippen molar-refractivity contribution in [1.82, 2.24) is 0 Å². The van der Waals surface area contributed by atoms with Gasteiger partial charge in [0.25, 0.3) is 0 Å². The third-order valence-corrected chi connectivity index (χ3v) is 1.63. The molecule has 0 amide bonds. The van der Waals surface area contributed by atoms with Crippen molar-refractivity contribution in [3.63, 3.8) is 0 Å². The van der Waals surface area contributed by atoms with Gasteiger partial charge in [0.2, 0.25) is 0 Å². The summed E-state index contributed by atoms with van der Waals surface area (Å²) in [6.45, 7) is 1.79. The first-order chi connectivity index (χ1) is 6.27. The average Bonchev–Trinajstić information content (AvgIpc) is 2.18. The minimum absolute atomic E-state index is 0.600. The second-order valence-electron chi connectivity index (χ2n) is 2.50. The Labute approximate surface area is 78.3 Å². The Balaban J connectivity index is 3.09. The molecule has 0 N–H and O–H groups in total. The minimum atomic E-state index is 0.600. The molecular weight excluding hydrogens is 162 g/mol. The Morgan fingerprint density at radius 1 is 1.46 bits per heavy atom. The monoisotopic (exact) mass is 173 g/mol. The van der Waals surface area contributed by atoms with Gasteiger partial charge >= 0.3 is 0 Å². The van der Waals surface area contributed by atoms with E-state index in [2.05, 4.69) is 10.9 Å². The number of hydrogen-bond acceptors (Lipinski definition) is 2. The number of terminal acetylenes is 1. The van der Waals surface area contributed by atoms with Crippen LogP contribution in [0.25, 0.3) is 0 Å². The first-order valence-electron chi connectivity index (χ1n) is 3.93. The van der Waals surface area contributed by atoms with Crippen LogP contribution in [0.2, 0.25) is 0 Å². The van der Waals surface area contributed by atoms with Crippen LogP contribution in [0.1, 0.15) is 12.5 Å². The van der Waals surface area contributed by atoms with E-state index in [0.29, 0.717) is 5.90 Å². The Morgan fingerprint density at radius 2 is 2.15 bits per heavy atom. The molecule has 1 aromatic rings. The van der Waals surface area contributed by atoms with Gasteiger partial charge in [-0.15, -0.1) is 6.42 Å². The zero-order valence-corrected chi connectivity index (χ0v) is 7.74. The molecule has 1 aromatic carbocycles. The van der Waals surface area contributed by atoms with Crippen LogP contribution < -0.4 is 0 Å². The molecule has 66 valence electrons. The van der Waals surface area contributed by atoms with Crippen molar-refractivity contribution in [2.24, 2.45) is 4.99 Å². The largest absolute Gasteiger partial charge is 0.484 e. The topological polar surface area (TPSA) is 21.6 Å². The summed E-state index contributed by atoms with van der Waals surface area (Å²) in [7, 11) is 1.58. The highest BCUT2D eigenvalue weighted by atomic mass is 16.5. The SMILES string of the molecule is C#Cc1ccccc1N=C(C)OC. The lowest BCUT2D eigenvalue weighted by Crippen LogP contribution is -1.92. The minimum Gasteiger partial charge on any atom is -0.484 e. The molecule has 0 fully saturated rings. The van der Waals surface area contributed by atoms with Gasteiger partial charge in [-0.2, -0.15) is 0 Å². The number of benzene rings is 1. The fraction of sp³-hybridized carbons (Fsp3) is 0.182. The molecule has 0 unspecified atom stereocenters. The van der Waals surface area contributed by atoms with E-state index >= 15 is 0 Å². The fourth-order valence-corrected chi connectivity index (χ4v) is 0.908. The van der Waals surface area contributed by atoms with E-state index in [-0.39, 0.29) is 0 Å². The van der Waals surface area contributed by atoms with Gasteiger partial charge in [0, 0.05) is 6.92 Å². The average molecular weight is 173 g/mol. The zero-order chi connectivity index (χ0) is 9.68. The van der Waals surface area contributed by atoms with Crippen LogP contribution >= 0.6 is 0 Å². The van der Waals surface area contributed by atoms with Gasteiger partial charge in [-0.05, 0) is 12.1 Å². The summed E-state index contributed by atoms with van der Waals surface area (Å²) < 4.78 is 4.93. The molecule has 2 nitrogen and oxygen atoms in total. The van der Waals surface area contributed by atoms with Crippen molar-refractivity contribution in [1.29, 1.82) is 0 Å². The van der Waals surface area contributed by atoms with Crippen molar-refractivity contribution >= 4 is 11.6 Å². The van der Waals surface area contributed by atoms with E-state index in [1.54, 1.807) is 14.0 Å². The maximum absolute atomic E-state index is 5.31. The number of methoxy groups -OCH3 is 1. The second kappa shape index (κ2) is 4.32. The summed E-state index contributed by atoms with van der Waals surface area (Å²) in [6, 6.07) is 7.48. The Hall–Kier alpha value is -1.75. The van der Waals surface area contributed by atoms with Crippen LogP contribution in [0.15, 0.2) is 29.3 Å². The third-order valence-electron chi connectivity index (χ3n) is 1.63. The van der Waals surface area contributed by atoms with Gasteiger partial charge in [-0.1, -0.05) is 18.1 Å². The summed E-state index contributed by atoms with van der Waals surface area (Å²) in [6.07, 6.45) is 5.31. The predicted octanol–water partition coefficient (Wildman–Crippen LogP) is 2.36. The van der Waals surface area contributed by atoms with Crippen molar-refractivity contribution < 1.29 is 4.74 Å². The Morgan fingerprint density at radius 3 is 2.77 bits per heavy atom. The first-order valence-corrected chi connectivity index (χ1v) is 3.93. The van der Waals surface area contributed by atoms with Gasteiger partial charge in [-0.3, -0.25) is 0 Å². The van der Waals surface area contributed by atoms with Crippen molar-refractivity contribution in [2.75, 3.05) is 7.11 Å². The second-order valence-corrected chi connectivity index (χ2v) is 2.50. The van der Waals surface area contributed by atoms with E-state index in [0.717, 1.165) is 11.3 Å². The molecule has 13 heavy (non-hydrogen) atoms. The molecule has 0 aliphatic carbocycles. The normalized spacial score (nSPS) is 10.7. The molecule has 2 heteroatoms. The van der Waals surface area contributed by atoms with Crippen LogP contribution in [0, 0.1) is 12.3 Å². The van der Waals surface area contributed by atoms with Crippen LogP contribution in [0.3, 0.4) is 0 Å². The summed E-state index contributed by atoms with van der Waals surface area (Å²) in [5, 5.41) is 0. The number of nitrogens with zero attached hydrogens (tertiary/aromatic N) is 1. The molecule has 0 heterocycles. The van der Waals surface area contributed by atoms with Crippen molar-refractivity contribution in [3.8, 4) is 12.3 Å². The zero-order valence-electron chi connectivity index (χ0n) is 7.74. The lowest BCUT2D eigenvalue weighted by Gasteiger charge is -2.00. The van der Waals surface area contributed by atoms with Crippen LogP contribution in [-0.2, 0) is 4.74 Å². The molecule has 0 spiro atoms. The molecule has 0 radical (unpaired) electrons. The van der Waals surface area contributed by atoms with E-state index in [1.165, 1.54) is 0 Å². The van der Waals surface area contributed by atoms with E-state index in [1.807, 2.05) is 24.3 Å². The highest BCUT2D eigenvalue weighted by Crippen LogP contribution is 2.17. The van der Waals surface area contributed by atoms with Gasteiger partial charge in [-0.25, -0.2) is 4.99 Å². The molecule has 0 saturated carbocycles. The molecule has 0 aliphatic rings. The molecule has 0 aromatic heterocycles. The predicted molar refractivity (Wildman–Crippen MR) is 54.2 cm³/mol. The number of hydrogen-bond donors (Lipinski definition) is 0. The Kier molecular flexibility index (Phi) is 3.10. The van der Waals surface area contributed by atoms with E-state index in [4.69, 9.17) is 11.2 Å². The number of para-hydroxylation sites is 1. The molecule has 0 bridgehead atoms. The molecule has 0 saturated heterocycles. The fourth-order valence-electron chi connectivity index (χ4n) is 0.908. The molecule has 1 rings (SSSR count). The molecule has 0 atom stereocenters. The van der Waals surface area contributed by atoms with Gasteiger partial charge < -0.3 is 4.74 Å². The van der Waals surface area contributed by atoms with Crippen molar-refractivity contribution in [2.45, 2.75) is 6.92 Å². The lowest BCUT2D eigenvalue weighted by molar-refractivity contribution is 0.400. The first kappa shape index (κ1) is 9.34. The highest BCUT2D eigenvalue weighted by molar-refractivity contribution is 5.77. The number of rotatable bonds is 1. The quantitative estimate of drug-likeness (QED) is 0.363. The maximum atomic E-state index is 5.31. The summed E-state index contributed by atoms with van der Waals surface area (Å²) in [5.41, 5.74) is 1.54. The molecular formula is C11H11NO. The third kappa shape index (κ3) is 2.34. The highest BCUT2D eigenvalue weighted by Gasteiger charge is 1.96. The van der Waals surface area contributed by atoms with Crippen molar-refractivity contribution in [3.05, 3.63) is 29.8 Å². The number of aliphatic imine (C=N–C) groups is 1. The van der Waals surface area contributed by atoms with Crippen LogP contribution in [0.4, 0.5) is 5.69 Å². The summed E-state index contributed by atoms with van der Waals surface area (Å²) in [5.74, 6) is 3.16. The van der Waals surface area contributed by atoms with E-state index < -0.39 is 0 Å². The van der Waals surface area contributed by atoms with Gasteiger partial charge in [0.15, 0.2) is 5.90 Å². The van der Waals surface area contributed by atoms with Gasteiger partial charge in [0.1, 0.15) is 0 Å². The van der Waals surface area contributed by atoms with Crippen LogP contribution in [0.5, 0.6) is 0 Å². The van der Waals surface area contributed by atoms with Gasteiger partial charge in [0.05, 0.1) is 18.4 Å². The standard InChI is InChI=1S/C11H11NO/c1-4-10-7-5-6-8-11(10)12-9(2)13-3/h1,5-8H,2-3H3. The number of ether oxygens (including phenoxy) is 1. The van der Waals surface area contributed by atoms with Crippen LogP contribution in [-0.4, -0.2) is 13.0 Å². The summed E-state index contributed by atoms with van der Waals surface area (Å²) in [4.78, 5) is 4.20. The molecule has 0 aliphatic heterocycles.